The number of carbonyl (C=O) groups excluding carboxylic acids is 1. The fourth-order valence-electron chi connectivity index (χ4n) is 2.46. The van der Waals surface area contributed by atoms with Gasteiger partial charge in [-0.2, -0.15) is 0 Å². The second kappa shape index (κ2) is 20.9. The summed E-state index contributed by atoms with van der Waals surface area (Å²) in [5.41, 5.74) is 0. The van der Waals surface area contributed by atoms with E-state index in [2.05, 4.69) is 23.8 Å². The van der Waals surface area contributed by atoms with Crippen LogP contribution in [-0.4, -0.2) is 24.3 Å². The predicted octanol–water partition coefficient (Wildman–Crippen LogP) is 2.28. The van der Waals surface area contributed by atoms with Gasteiger partial charge < -0.3 is 11.3 Å². The molecule has 0 aliphatic carbocycles. The van der Waals surface area contributed by atoms with Crippen LogP contribution in [0.15, 0.2) is 12.2 Å². The van der Waals surface area contributed by atoms with E-state index in [1.54, 1.807) is 0 Å². The van der Waals surface area contributed by atoms with E-state index in [4.69, 9.17) is 0 Å². The third kappa shape index (κ3) is 20.8. The molecule has 0 bridgehead atoms. The van der Waals surface area contributed by atoms with Crippen molar-refractivity contribution >= 4 is 5.97 Å². The van der Waals surface area contributed by atoms with Gasteiger partial charge in [0, 0.05) is 6.42 Å². The first-order valence-electron chi connectivity index (χ1n) is 9.10. The predicted molar refractivity (Wildman–Crippen MR) is 94.0 cm³/mol. The Morgan fingerprint density at radius 1 is 1.04 bits per heavy atom. The smallest absolute Gasteiger partial charge is 1.00 e. The molecule has 0 rings (SSSR count). The fourth-order valence-corrected chi connectivity index (χ4v) is 2.46. The normalized spacial score (nSPS) is 12.1. The standard InChI is InChI=1S/C19H36O3.K.H/c1-3-4-5-12-15-18(20)16-13-10-8-6-7-9-11-14-17-19(21)22-2;;/h10,13,18,20H,3-9,11-12,14-17H2,1-2H3;;/q;+1;-1/b13-10-;;/t18-;;/m1../s1. The largest absolute Gasteiger partial charge is 1.00 e. The molecule has 0 unspecified atom stereocenters. The number of aliphatic hydroxyl groups excluding tert-OH is 1. The molecule has 0 aliphatic rings. The van der Waals surface area contributed by atoms with Crippen molar-refractivity contribution in [3.63, 3.8) is 0 Å². The summed E-state index contributed by atoms with van der Waals surface area (Å²) in [4.78, 5) is 10.9. The fraction of sp³-hybridized carbons (Fsp3) is 0.842. The topological polar surface area (TPSA) is 46.5 Å². The van der Waals surface area contributed by atoms with Crippen molar-refractivity contribution < 1.29 is 67.4 Å². The molecule has 0 aromatic heterocycles. The molecule has 0 saturated heterocycles. The maximum absolute atomic E-state index is 10.9. The van der Waals surface area contributed by atoms with Crippen LogP contribution in [0.5, 0.6) is 0 Å². The molecule has 0 spiro atoms. The molecule has 0 saturated carbocycles. The van der Waals surface area contributed by atoms with Crippen molar-refractivity contribution in [2.24, 2.45) is 0 Å². The SMILES string of the molecule is CCCCCC[C@@H](O)C/C=C\CCCCCCCC(=O)OC.[H-].[K+]. The first-order valence-corrected chi connectivity index (χ1v) is 9.10. The molecule has 0 heterocycles. The van der Waals surface area contributed by atoms with Crippen molar-refractivity contribution in [1.29, 1.82) is 0 Å². The van der Waals surface area contributed by atoms with E-state index in [1.165, 1.54) is 45.6 Å². The Balaban J connectivity index is -0.00000220. The molecular formula is C19H37KO3. The van der Waals surface area contributed by atoms with Crippen LogP contribution in [0, 0.1) is 0 Å². The molecule has 1 N–H and O–H groups in total. The number of unbranched alkanes of at least 4 members (excludes halogenated alkanes) is 8. The van der Waals surface area contributed by atoms with Gasteiger partial charge in [-0.15, -0.1) is 0 Å². The average molecular weight is 353 g/mol. The minimum absolute atomic E-state index is 0. The van der Waals surface area contributed by atoms with Gasteiger partial charge in [0.1, 0.15) is 0 Å². The summed E-state index contributed by atoms with van der Waals surface area (Å²) in [7, 11) is 1.44. The van der Waals surface area contributed by atoms with Crippen molar-refractivity contribution in [3.05, 3.63) is 12.2 Å². The second-order valence-corrected chi connectivity index (χ2v) is 6.09. The maximum atomic E-state index is 10.9. The van der Waals surface area contributed by atoms with Gasteiger partial charge in [-0.05, 0) is 32.1 Å². The van der Waals surface area contributed by atoms with Gasteiger partial charge in [0.05, 0.1) is 13.2 Å². The first kappa shape index (κ1) is 26.0. The summed E-state index contributed by atoms with van der Waals surface area (Å²) < 4.78 is 4.61. The van der Waals surface area contributed by atoms with Gasteiger partial charge in [-0.1, -0.05) is 64.0 Å². The van der Waals surface area contributed by atoms with E-state index in [0.29, 0.717) is 6.42 Å². The molecule has 0 aromatic carbocycles. The molecule has 0 radical (unpaired) electrons. The molecule has 4 heteroatoms. The van der Waals surface area contributed by atoms with Gasteiger partial charge in [0.25, 0.3) is 0 Å². The van der Waals surface area contributed by atoms with Gasteiger partial charge in [0.15, 0.2) is 0 Å². The number of esters is 1. The van der Waals surface area contributed by atoms with Gasteiger partial charge >= 0.3 is 57.4 Å². The number of allylic oxidation sites excluding steroid dienone is 1. The first-order chi connectivity index (χ1) is 10.7. The summed E-state index contributed by atoms with van der Waals surface area (Å²) in [5.74, 6) is -0.101. The molecule has 0 fully saturated rings. The minimum Gasteiger partial charge on any atom is -1.00 e. The van der Waals surface area contributed by atoms with Crippen LogP contribution in [0.4, 0.5) is 0 Å². The number of aliphatic hydroxyl groups is 1. The summed E-state index contributed by atoms with van der Waals surface area (Å²) >= 11 is 0. The summed E-state index contributed by atoms with van der Waals surface area (Å²) in [5, 5.41) is 9.82. The minimum atomic E-state index is -0.161. The molecule has 0 aromatic rings. The average Bonchev–Trinajstić information content (AvgIpc) is 2.53. The summed E-state index contributed by atoms with van der Waals surface area (Å²) in [6.07, 6.45) is 18.1. The molecule has 3 nitrogen and oxygen atoms in total. The van der Waals surface area contributed by atoms with Gasteiger partial charge in [0.2, 0.25) is 0 Å². The van der Waals surface area contributed by atoms with E-state index < -0.39 is 0 Å². The van der Waals surface area contributed by atoms with Crippen LogP contribution in [0.2, 0.25) is 0 Å². The zero-order valence-corrected chi connectivity index (χ0v) is 18.8. The van der Waals surface area contributed by atoms with E-state index in [9.17, 15) is 9.90 Å². The van der Waals surface area contributed by atoms with Crippen LogP contribution in [0.3, 0.4) is 0 Å². The van der Waals surface area contributed by atoms with Crippen molar-refractivity contribution in [1.82, 2.24) is 0 Å². The summed E-state index contributed by atoms with van der Waals surface area (Å²) in [6, 6.07) is 0. The molecule has 23 heavy (non-hydrogen) atoms. The monoisotopic (exact) mass is 352 g/mol. The quantitative estimate of drug-likeness (QED) is 0.213. The van der Waals surface area contributed by atoms with Gasteiger partial charge in [-0.3, -0.25) is 4.79 Å². The van der Waals surface area contributed by atoms with Crippen molar-refractivity contribution in [2.45, 2.75) is 96.5 Å². The molecule has 132 valence electrons. The molecular weight excluding hydrogens is 315 g/mol. The van der Waals surface area contributed by atoms with Crippen molar-refractivity contribution in [3.8, 4) is 0 Å². The number of ether oxygens (including phenoxy) is 1. The van der Waals surface area contributed by atoms with Gasteiger partial charge in [-0.25, -0.2) is 0 Å². The third-order valence-electron chi connectivity index (χ3n) is 3.95. The second-order valence-electron chi connectivity index (χ2n) is 6.09. The Labute approximate surface area is 187 Å². The van der Waals surface area contributed by atoms with Crippen LogP contribution in [-0.2, 0) is 9.53 Å². The summed E-state index contributed by atoms with van der Waals surface area (Å²) in [6.45, 7) is 2.21. The van der Waals surface area contributed by atoms with Crippen LogP contribution in [0.25, 0.3) is 0 Å². The molecule has 1 atom stereocenters. The van der Waals surface area contributed by atoms with E-state index in [1.807, 2.05) is 0 Å². The number of carbonyl (C=O) groups is 1. The van der Waals surface area contributed by atoms with Crippen LogP contribution in [0.1, 0.15) is 91.8 Å². The van der Waals surface area contributed by atoms with E-state index >= 15 is 0 Å². The van der Waals surface area contributed by atoms with Crippen LogP contribution < -0.4 is 51.4 Å². The number of methoxy groups -OCH3 is 1. The number of hydrogen-bond donors (Lipinski definition) is 1. The zero-order chi connectivity index (χ0) is 16.5. The van der Waals surface area contributed by atoms with Crippen molar-refractivity contribution in [2.75, 3.05) is 7.11 Å². The van der Waals surface area contributed by atoms with E-state index in [-0.39, 0.29) is 64.9 Å². The maximum Gasteiger partial charge on any atom is 1.00 e. The number of rotatable bonds is 15. The van der Waals surface area contributed by atoms with Crippen LogP contribution >= 0.6 is 0 Å². The molecule has 0 amide bonds. The van der Waals surface area contributed by atoms with E-state index in [0.717, 1.165) is 38.5 Å². The third-order valence-corrected chi connectivity index (χ3v) is 3.95. The Morgan fingerprint density at radius 3 is 2.39 bits per heavy atom. The Hall–Kier alpha value is 0.806. The Bertz CT molecular complexity index is 286. The zero-order valence-electron chi connectivity index (χ0n) is 16.7. The molecule has 0 aliphatic heterocycles. The Kier molecular flexibility index (Phi) is 23.6. The Morgan fingerprint density at radius 2 is 1.70 bits per heavy atom. The number of hydrogen-bond acceptors (Lipinski definition) is 3.